The lowest BCUT2D eigenvalue weighted by atomic mass is 10.1. The van der Waals surface area contributed by atoms with Crippen molar-refractivity contribution >= 4 is 23.0 Å². The second-order valence-electron chi connectivity index (χ2n) is 5.03. The van der Waals surface area contributed by atoms with E-state index in [1.165, 1.54) is 6.07 Å². The summed E-state index contributed by atoms with van der Waals surface area (Å²) in [5, 5.41) is 17.2. The van der Waals surface area contributed by atoms with Gasteiger partial charge < -0.3 is 20.3 Å². The van der Waals surface area contributed by atoms with Crippen molar-refractivity contribution in [3.63, 3.8) is 0 Å². The Balaban J connectivity index is 2.06. The Morgan fingerprint density at radius 1 is 1.48 bits per heavy atom. The molecule has 1 aromatic carbocycles. The smallest absolute Gasteiger partial charge is 0.296 e. The van der Waals surface area contributed by atoms with Gasteiger partial charge in [-0.15, -0.1) is 0 Å². The van der Waals surface area contributed by atoms with E-state index in [2.05, 4.69) is 10.6 Å². The van der Waals surface area contributed by atoms with Crippen LogP contribution in [0.5, 0.6) is 5.75 Å². The molecule has 3 rings (SSSR count). The number of nitrogens with zero attached hydrogens (tertiary/aromatic N) is 2. The van der Waals surface area contributed by atoms with Crippen LogP contribution in [0.25, 0.3) is 0 Å². The van der Waals surface area contributed by atoms with Crippen LogP contribution < -0.4 is 20.3 Å². The molecule has 21 heavy (non-hydrogen) atoms. The SMILES string of the molecule is CCN(c1cc2c(cc1[N+](=O)[O-])OCC(=O)N2)C1CNC1. The number of anilines is 2. The van der Waals surface area contributed by atoms with Gasteiger partial charge in [0, 0.05) is 19.6 Å². The number of carbonyl (C=O) groups is 1. The minimum atomic E-state index is -0.413. The molecule has 112 valence electrons. The van der Waals surface area contributed by atoms with Gasteiger partial charge in [0.1, 0.15) is 5.69 Å². The van der Waals surface area contributed by atoms with Gasteiger partial charge in [-0.25, -0.2) is 0 Å². The van der Waals surface area contributed by atoms with Crippen LogP contribution in [0.3, 0.4) is 0 Å². The molecule has 2 aliphatic heterocycles. The van der Waals surface area contributed by atoms with Crippen LogP contribution in [0.4, 0.5) is 17.1 Å². The third kappa shape index (κ3) is 2.38. The summed E-state index contributed by atoms with van der Waals surface area (Å²) in [7, 11) is 0. The molecule has 0 spiro atoms. The zero-order chi connectivity index (χ0) is 15.0. The topological polar surface area (TPSA) is 96.7 Å². The molecule has 2 heterocycles. The van der Waals surface area contributed by atoms with Gasteiger partial charge in [0.2, 0.25) is 0 Å². The summed E-state index contributed by atoms with van der Waals surface area (Å²) in [6.45, 7) is 4.08. The summed E-state index contributed by atoms with van der Waals surface area (Å²) in [5.74, 6) is 0.0866. The van der Waals surface area contributed by atoms with Gasteiger partial charge in [-0.3, -0.25) is 14.9 Å². The molecule has 2 N–H and O–H groups in total. The number of likely N-dealkylation sites (N-methyl/N-ethyl adjacent to an activating group) is 1. The Kier molecular flexibility index (Phi) is 3.38. The van der Waals surface area contributed by atoms with E-state index in [-0.39, 0.29) is 24.2 Å². The molecule has 0 saturated carbocycles. The first-order valence-corrected chi connectivity index (χ1v) is 6.82. The largest absolute Gasteiger partial charge is 0.481 e. The van der Waals surface area contributed by atoms with Crippen molar-refractivity contribution in [2.45, 2.75) is 13.0 Å². The van der Waals surface area contributed by atoms with Crippen molar-refractivity contribution in [2.24, 2.45) is 0 Å². The highest BCUT2D eigenvalue weighted by Gasteiger charge is 2.31. The molecule has 2 aliphatic rings. The third-order valence-electron chi connectivity index (χ3n) is 3.76. The highest BCUT2D eigenvalue weighted by atomic mass is 16.6. The van der Waals surface area contributed by atoms with Crippen LogP contribution in [0.15, 0.2) is 12.1 Å². The molecule has 1 saturated heterocycles. The van der Waals surface area contributed by atoms with Crippen LogP contribution in [0.2, 0.25) is 0 Å². The summed E-state index contributed by atoms with van der Waals surface area (Å²) in [4.78, 5) is 24.3. The Hall–Kier alpha value is -2.35. The lowest BCUT2D eigenvalue weighted by Gasteiger charge is -2.39. The van der Waals surface area contributed by atoms with E-state index in [0.29, 0.717) is 23.7 Å². The third-order valence-corrected chi connectivity index (χ3v) is 3.76. The lowest BCUT2D eigenvalue weighted by molar-refractivity contribution is -0.384. The zero-order valence-corrected chi connectivity index (χ0v) is 11.6. The number of ether oxygens (including phenoxy) is 1. The molecular formula is C13H16N4O4. The molecule has 1 amide bonds. The predicted octanol–water partition coefficient (Wildman–Crippen LogP) is 0.724. The van der Waals surface area contributed by atoms with Gasteiger partial charge in [0.15, 0.2) is 12.4 Å². The Labute approximate surface area is 121 Å². The van der Waals surface area contributed by atoms with Crippen LogP contribution >= 0.6 is 0 Å². The van der Waals surface area contributed by atoms with Crippen LogP contribution in [0, 0.1) is 10.1 Å². The fourth-order valence-electron chi connectivity index (χ4n) is 2.60. The maximum Gasteiger partial charge on any atom is 0.296 e. The maximum absolute atomic E-state index is 11.4. The number of hydrogen-bond acceptors (Lipinski definition) is 6. The highest BCUT2D eigenvalue weighted by Crippen LogP contribution is 2.40. The average molecular weight is 292 g/mol. The maximum atomic E-state index is 11.4. The van der Waals surface area contributed by atoms with E-state index >= 15 is 0 Å². The van der Waals surface area contributed by atoms with E-state index in [1.807, 2.05) is 11.8 Å². The summed E-state index contributed by atoms with van der Waals surface area (Å²) in [6.07, 6.45) is 0. The van der Waals surface area contributed by atoms with Gasteiger partial charge in [-0.1, -0.05) is 0 Å². The second-order valence-corrected chi connectivity index (χ2v) is 5.03. The molecule has 0 radical (unpaired) electrons. The van der Waals surface area contributed by atoms with E-state index in [9.17, 15) is 14.9 Å². The van der Waals surface area contributed by atoms with E-state index in [1.54, 1.807) is 6.07 Å². The Morgan fingerprint density at radius 2 is 2.24 bits per heavy atom. The fourth-order valence-corrected chi connectivity index (χ4v) is 2.60. The quantitative estimate of drug-likeness (QED) is 0.627. The van der Waals surface area contributed by atoms with Gasteiger partial charge >= 0.3 is 0 Å². The number of amides is 1. The van der Waals surface area contributed by atoms with Crippen molar-refractivity contribution in [1.82, 2.24) is 5.32 Å². The molecule has 0 atom stereocenters. The van der Waals surface area contributed by atoms with Crippen molar-refractivity contribution in [3.8, 4) is 5.75 Å². The lowest BCUT2D eigenvalue weighted by Crippen LogP contribution is -2.57. The summed E-state index contributed by atoms with van der Waals surface area (Å²) in [6, 6.07) is 3.25. The van der Waals surface area contributed by atoms with Gasteiger partial charge in [0.25, 0.3) is 11.6 Å². The number of nitro benzene ring substituents is 1. The molecule has 0 bridgehead atoms. The second kappa shape index (κ2) is 5.21. The number of rotatable bonds is 4. The van der Waals surface area contributed by atoms with Gasteiger partial charge in [0.05, 0.1) is 22.7 Å². The fraction of sp³-hybridized carbons (Fsp3) is 0.462. The van der Waals surface area contributed by atoms with Crippen molar-refractivity contribution in [3.05, 3.63) is 22.2 Å². The Morgan fingerprint density at radius 3 is 2.81 bits per heavy atom. The number of carbonyl (C=O) groups excluding carboxylic acids is 1. The van der Waals surface area contributed by atoms with E-state index in [4.69, 9.17) is 4.74 Å². The molecule has 0 unspecified atom stereocenters. The normalized spacial score (nSPS) is 17.3. The molecule has 8 nitrogen and oxygen atoms in total. The Bertz CT molecular complexity index is 600. The average Bonchev–Trinajstić information content (AvgIpc) is 2.40. The number of fused-ring (bicyclic) bond motifs is 1. The van der Waals surface area contributed by atoms with E-state index < -0.39 is 4.92 Å². The standard InChI is InChI=1S/C13H16N4O4/c1-2-16(8-5-14-6-8)10-3-9-12(4-11(10)17(19)20)21-7-13(18)15-9/h3-4,8,14H,2,5-7H2,1H3,(H,15,18). The summed E-state index contributed by atoms with van der Waals surface area (Å²) < 4.78 is 5.25. The van der Waals surface area contributed by atoms with Crippen molar-refractivity contribution in [1.29, 1.82) is 0 Å². The zero-order valence-electron chi connectivity index (χ0n) is 11.6. The highest BCUT2D eigenvalue weighted by molar-refractivity contribution is 5.97. The minimum Gasteiger partial charge on any atom is -0.481 e. The molecular weight excluding hydrogens is 276 g/mol. The van der Waals surface area contributed by atoms with Gasteiger partial charge in [-0.05, 0) is 13.0 Å². The van der Waals surface area contributed by atoms with E-state index in [0.717, 1.165) is 13.1 Å². The van der Waals surface area contributed by atoms with Gasteiger partial charge in [-0.2, -0.15) is 0 Å². The van der Waals surface area contributed by atoms with Crippen molar-refractivity contribution < 1.29 is 14.5 Å². The molecule has 0 aliphatic carbocycles. The first-order chi connectivity index (χ1) is 10.1. The van der Waals surface area contributed by atoms with Crippen LogP contribution in [0.1, 0.15) is 6.92 Å². The monoisotopic (exact) mass is 292 g/mol. The number of nitrogens with one attached hydrogen (secondary N) is 2. The predicted molar refractivity (Wildman–Crippen MR) is 76.9 cm³/mol. The first-order valence-electron chi connectivity index (χ1n) is 6.82. The van der Waals surface area contributed by atoms with Crippen LogP contribution in [-0.2, 0) is 4.79 Å². The summed E-state index contributed by atoms with van der Waals surface area (Å²) >= 11 is 0. The first kappa shape index (κ1) is 13.6. The number of hydrogen-bond donors (Lipinski definition) is 2. The molecule has 8 heteroatoms. The summed E-state index contributed by atoms with van der Waals surface area (Å²) in [5.41, 5.74) is 0.995. The van der Waals surface area contributed by atoms with Crippen molar-refractivity contribution in [2.75, 3.05) is 36.5 Å². The molecule has 1 fully saturated rings. The molecule has 0 aromatic heterocycles. The number of nitro groups is 1. The minimum absolute atomic E-state index is 0.00125. The van der Waals surface area contributed by atoms with Crippen LogP contribution in [-0.4, -0.2) is 43.1 Å². The number of benzene rings is 1. The molecule has 1 aromatic rings.